The highest BCUT2D eigenvalue weighted by Gasteiger charge is 2.40. The van der Waals surface area contributed by atoms with E-state index in [0.29, 0.717) is 6.04 Å². The summed E-state index contributed by atoms with van der Waals surface area (Å²) >= 11 is 0. The first-order chi connectivity index (χ1) is 13.8. The van der Waals surface area contributed by atoms with Crippen LogP contribution in [0.5, 0.6) is 5.75 Å². The number of benzene rings is 1. The van der Waals surface area contributed by atoms with E-state index in [2.05, 4.69) is 27.9 Å². The van der Waals surface area contributed by atoms with Crippen molar-refractivity contribution in [1.82, 2.24) is 14.5 Å². The lowest BCUT2D eigenvalue weighted by Crippen LogP contribution is -2.44. The summed E-state index contributed by atoms with van der Waals surface area (Å²) < 4.78 is 19.6. The highest BCUT2D eigenvalue weighted by atomic mass is 16.5. The number of pyridine rings is 1. The Bertz CT molecular complexity index is 973. The van der Waals surface area contributed by atoms with Gasteiger partial charge in [0.15, 0.2) is 5.82 Å². The van der Waals surface area contributed by atoms with Crippen molar-refractivity contribution >= 4 is 10.9 Å². The van der Waals surface area contributed by atoms with E-state index in [1.807, 2.05) is 24.4 Å². The molecule has 6 heteroatoms. The molecule has 3 aromatic rings. The van der Waals surface area contributed by atoms with E-state index >= 15 is 0 Å². The molecule has 28 heavy (non-hydrogen) atoms. The van der Waals surface area contributed by atoms with Crippen molar-refractivity contribution in [3.8, 4) is 17.3 Å². The van der Waals surface area contributed by atoms with Gasteiger partial charge in [-0.05, 0) is 37.8 Å². The minimum atomic E-state index is -0.0528. The third-order valence-electron chi connectivity index (χ3n) is 6.07. The molecule has 146 valence electrons. The van der Waals surface area contributed by atoms with Gasteiger partial charge >= 0.3 is 0 Å². The van der Waals surface area contributed by atoms with Crippen LogP contribution in [0.25, 0.3) is 22.4 Å². The lowest BCUT2D eigenvalue weighted by Gasteiger charge is -2.43. The topological polar surface area (TPSA) is 58.4 Å². The average Bonchev–Trinajstić information content (AvgIpc) is 3.23. The van der Waals surface area contributed by atoms with Crippen LogP contribution in [0.1, 0.15) is 31.7 Å². The summed E-state index contributed by atoms with van der Waals surface area (Å²) in [5, 5.41) is 1.06. The van der Waals surface area contributed by atoms with E-state index in [1.54, 1.807) is 7.11 Å². The summed E-state index contributed by atoms with van der Waals surface area (Å²) in [6.07, 6.45) is 7.87. The van der Waals surface area contributed by atoms with Gasteiger partial charge in [0.05, 0.1) is 12.7 Å². The number of nitrogens with zero attached hydrogens (tertiary/aromatic N) is 3. The maximum absolute atomic E-state index is 6.22. The summed E-state index contributed by atoms with van der Waals surface area (Å²) in [5.74, 6) is 1.69. The van der Waals surface area contributed by atoms with Gasteiger partial charge in [0.2, 0.25) is 0 Å². The van der Waals surface area contributed by atoms with Crippen molar-refractivity contribution in [2.45, 2.75) is 37.3 Å². The van der Waals surface area contributed by atoms with Gasteiger partial charge in [0, 0.05) is 43.6 Å². The van der Waals surface area contributed by atoms with Crippen molar-refractivity contribution in [3.05, 3.63) is 42.7 Å². The maximum Gasteiger partial charge on any atom is 0.158 e. The Kier molecular flexibility index (Phi) is 4.53. The van der Waals surface area contributed by atoms with Gasteiger partial charge in [0.1, 0.15) is 17.0 Å². The van der Waals surface area contributed by atoms with E-state index in [-0.39, 0.29) is 5.60 Å². The smallest absolute Gasteiger partial charge is 0.158 e. The van der Waals surface area contributed by atoms with Gasteiger partial charge in [-0.25, -0.2) is 9.97 Å². The number of rotatable bonds is 3. The van der Waals surface area contributed by atoms with Crippen LogP contribution in [0.3, 0.4) is 0 Å². The Morgan fingerprint density at radius 2 is 2.04 bits per heavy atom. The standard InChI is InChI=1S/C22H25N3O3/c1-26-19-4-2-3-16-5-6-18(24-20(16)19)21-23-10-11-25(21)17-7-12-28-22(15-17)8-13-27-14-9-22/h2-6,10-11,17H,7-9,12-15H2,1H3. The summed E-state index contributed by atoms with van der Waals surface area (Å²) in [7, 11) is 1.68. The number of fused-ring (bicyclic) bond motifs is 1. The number of imidazole rings is 1. The number of ether oxygens (including phenoxy) is 3. The Balaban J connectivity index is 1.50. The van der Waals surface area contributed by atoms with Gasteiger partial charge < -0.3 is 18.8 Å². The molecule has 4 heterocycles. The SMILES string of the molecule is COc1cccc2ccc(-c3nccn3C3CCOC4(CCOCC4)C3)nc12. The van der Waals surface area contributed by atoms with Crippen LogP contribution in [0, 0.1) is 0 Å². The van der Waals surface area contributed by atoms with E-state index < -0.39 is 0 Å². The molecular weight excluding hydrogens is 354 g/mol. The van der Waals surface area contributed by atoms with Crippen LogP contribution in [0.4, 0.5) is 0 Å². The number of aromatic nitrogens is 3. The minimum absolute atomic E-state index is 0.0528. The fourth-order valence-corrected chi connectivity index (χ4v) is 4.55. The fourth-order valence-electron chi connectivity index (χ4n) is 4.55. The van der Waals surface area contributed by atoms with Crippen molar-refractivity contribution < 1.29 is 14.2 Å². The summed E-state index contributed by atoms with van der Waals surface area (Å²) in [6, 6.07) is 10.5. The third kappa shape index (κ3) is 3.06. The van der Waals surface area contributed by atoms with Crippen LogP contribution in [-0.2, 0) is 9.47 Å². The van der Waals surface area contributed by atoms with Gasteiger partial charge in [-0.3, -0.25) is 0 Å². The molecule has 2 fully saturated rings. The molecule has 0 aliphatic carbocycles. The monoisotopic (exact) mass is 379 g/mol. The molecule has 2 aliphatic rings. The van der Waals surface area contributed by atoms with Crippen LogP contribution in [-0.4, -0.2) is 47.1 Å². The van der Waals surface area contributed by atoms with Crippen molar-refractivity contribution in [1.29, 1.82) is 0 Å². The van der Waals surface area contributed by atoms with Gasteiger partial charge in [-0.2, -0.15) is 0 Å². The Morgan fingerprint density at radius 3 is 2.89 bits per heavy atom. The second-order valence-electron chi connectivity index (χ2n) is 7.68. The molecule has 2 aliphatic heterocycles. The second-order valence-corrected chi connectivity index (χ2v) is 7.68. The van der Waals surface area contributed by atoms with Crippen LogP contribution in [0.15, 0.2) is 42.7 Å². The molecule has 0 N–H and O–H groups in total. The van der Waals surface area contributed by atoms with Crippen molar-refractivity contribution in [2.75, 3.05) is 26.9 Å². The van der Waals surface area contributed by atoms with Crippen LogP contribution in [0.2, 0.25) is 0 Å². The van der Waals surface area contributed by atoms with E-state index in [1.165, 1.54) is 0 Å². The second kappa shape index (κ2) is 7.18. The molecule has 6 nitrogen and oxygen atoms in total. The van der Waals surface area contributed by atoms with E-state index in [0.717, 1.165) is 73.7 Å². The number of hydrogen-bond acceptors (Lipinski definition) is 5. The third-order valence-corrected chi connectivity index (χ3v) is 6.07. The molecule has 0 amide bonds. The van der Waals surface area contributed by atoms with E-state index in [9.17, 15) is 0 Å². The molecule has 0 bridgehead atoms. The van der Waals surface area contributed by atoms with Crippen molar-refractivity contribution in [2.24, 2.45) is 0 Å². The van der Waals surface area contributed by atoms with Crippen LogP contribution < -0.4 is 4.74 Å². The largest absolute Gasteiger partial charge is 0.494 e. The zero-order valence-electron chi connectivity index (χ0n) is 16.1. The highest BCUT2D eigenvalue weighted by Crippen LogP contribution is 2.40. The zero-order chi connectivity index (χ0) is 19.0. The summed E-state index contributed by atoms with van der Waals surface area (Å²) in [5.41, 5.74) is 1.68. The van der Waals surface area contributed by atoms with Gasteiger partial charge in [-0.1, -0.05) is 18.2 Å². The minimum Gasteiger partial charge on any atom is -0.494 e. The average molecular weight is 379 g/mol. The van der Waals surface area contributed by atoms with Crippen LogP contribution >= 0.6 is 0 Å². The Morgan fingerprint density at radius 1 is 1.14 bits per heavy atom. The predicted octanol–water partition coefficient (Wildman–Crippen LogP) is 4.01. The molecule has 0 saturated carbocycles. The first kappa shape index (κ1) is 17.6. The lowest BCUT2D eigenvalue weighted by molar-refractivity contribution is -0.144. The van der Waals surface area contributed by atoms with Gasteiger partial charge in [0.25, 0.3) is 0 Å². The molecule has 5 rings (SSSR count). The predicted molar refractivity (Wildman–Crippen MR) is 107 cm³/mol. The first-order valence-corrected chi connectivity index (χ1v) is 9.97. The lowest BCUT2D eigenvalue weighted by atomic mass is 9.84. The maximum atomic E-state index is 6.22. The number of methoxy groups -OCH3 is 1. The molecule has 1 spiro atoms. The normalized spacial score (nSPS) is 21.8. The molecule has 1 aromatic carbocycles. The number of para-hydroxylation sites is 1. The molecule has 2 aromatic heterocycles. The molecule has 1 unspecified atom stereocenters. The molecular formula is C22H25N3O3. The van der Waals surface area contributed by atoms with Crippen molar-refractivity contribution in [3.63, 3.8) is 0 Å². The molecule has 0 radical (unpaired) electrons. The Labute approximate surface area is 164 Å². The highest BCUT2D eigenvalue weighted by molar-refractivity contribution is 5.86. The summed E-state index contributed by atoms with van der Waals surface area (Å²) in [6.45, 7) is 2.35. The zero-order valence-corrected chi connectivity index (χ0v) is 16.1. The fraction of sp³-hybridized carbons (Fsp3) is 0.455. The molecule has 2 saturated heterocycles. The first-order valence-electron chi connectivity index (χ1n) is 9.97. The van der Waals surface area contributed by atoms with E-state index in [4.69, 9.17) is 19.2 Å². The quantitative estimate of drug-likeness (QED) is 0.688. The summed E-state index contributed by atoms with van der Waals surface area (Å²) in [4.78, 5) is 9.54. The Hall–Kier alpha value is -2.44. The molecule has 1 atom stereocenters. The number of hydrogen-bond donors (Lipinski definition) is 0. The van der Waals surface area contributed by atoms with Gasteiger partial charge in [-0.15, -0.1) is 0 Å².